The summed E-state index contributed by atoms with van der Waals surface area (Å²) in [6, 6.07) is 2.45. The van der Waals surface area contributed by atoms with E-state index in [9.17, 15) is 10.1 Å². The molecule has 108 valence electrons. The first-order chi connectivity index (χ1) is 9.58. The van der Waals surface area contributed by atoms with Crippen molar-refractivity contribution < 1.29 is 4.92 Å². The Morgan fingerprint density at radius 1 is 1.40 bits per heavy atom. The van der Waals surface area contributed by atoms with Gasteiger partial charge in [-0.1, -0.05) is 19.8 Å². The molecule has 0 radical (unpaired) electrons. The van der Waals surface area contributed by atoms with Crippen molar-refractivity contribution in [3.8, 4) is 0 Å². The fraction of sp³-hybridized carbons (Fsp3) is 0.667. The highest BCUT2D eigenvalue weighted by Crippen LogP contribution is 2.41. The zero-order valence-electron chi connectivity index (χ0n) is 12.1. The number of aryl methyl sites for hydroxylation is 1. The summed E-state index contributed by atoms with van der Waals surface area (Å²) in [5.74, 6) is 2.37. The Morgan fingerprint density at radius 2 is 2.15 bits per heavy atom. The molecular formula is C15H21N3O2. The van der Waals surface area contributed by atoms with Crippen LogP contribution in [0.2, 0.25) is 0 Å². The number of nitro groups is 1. The van der Waals surface area contributed by atoms with Crippen LogP contribution in [0.3, 0.4) is 0 Å². The van der Waals surface area contributed by atoms with Crippen LogP contribution < -0.4 is 4.90 Å². The molecule has 3 rings (SSSR count). The minimum atomic E-state index is -0.359. The molecule has 3 unspecified atom stereocenters. The van der Waals surface area contributed by atoms with Crippen LogP contribution in [0.4, 0.5) is 11.5 Å². The van der Waals surface area contributed by atoms with Crippen molar-refractivity contribution in [3.63, 3.8) is 0 Å². The van der Waals surface area contributed by atoms with Gasteiger partial charge in [0.2, 0.25) is 0 Å². The standard InChI is InChI=1S/C15H21N3O2/c1-10-7-15(16-8-14(10)18(19)20)17-9-11(2)12-5-3-4-6-13(12)17/h7-8,11-13H,3-6,9H2,1-2H3. The summed E-state index contributed by atoms with van der Waals surface area (Å²) >= 11 is 0. The summed E-state index contributed by atoms with van der Waals surface area (Å²) in [4.78, 5) is 17.3. The van der Waals surface area contributed by atoms with Crippen molar-refractivity contribution in [2.45, 2.75) is 45.6 Å². The molecule has 1 aromatic heterocycles. The van der Waals surface area contributed by atoms with Gasteiger partial charge in [-0.3, -0.25) is 10.1 Å². The van der Waals surface area contributed by atoms with E-state index in [1.54, 1.807) is 6.92 Å². The summed E-state index contributed by atoms with van der Waals surface area (Å²) < 4.78 is 0. The number of rotatable bonds is 2. The van der Waals surface area contributed by atoms with Gasteiger partial charge in [0.15, 0.2) is 0 Å². The second-order valence-electron chi connectivity index (χ2n) is 6.23. The molecule has 1 aromatic rings. The topological polar surface area (TPSA) is 59.3 Å². The Bertz CT molecular complexity index is 532. The molecule has 1 aliphatic heterocycles. The maximum Gasteiger partial charge on any atom is 0.290 e. The van der Waals surface area contributed by atoms with Gasteiger partial charge in [0, 0.05) is 18.2 Å². The molecule has 1 saturated carbocycles. The van der Waals surface area contributed by atoms with Crippen LogP contribution in [0.1, 0.15) is 38.2 Å². The van der Waals surface area contributed by atoms with Crippen LogP contribution in [0, 0.1) is 28.9 Å². The summed E-state index contributed by atoms with van der Waals surface area (Å²) in [7, 11) is 0. The quantitative estimate of drug-likeness (QED) is 0.613. The smallest absolute Gasteiger partial charge is 0.290 e. The van der Waals surface area contributed by atoms with Crippen molar-refractivity contribution in [1.82, 2.24) is 4.98 Å². The fourth-order valence-corrected chi connectivity index (χ4v) is 3.92. The largest absolute Gasteiger partial charge is 0.353 e. The van der Waals surface area contributed by atoms with Crippen LogP contribution in [-0.4, -0.2) is 22.5 Å². The van der Waals surface area contributed by atoms with E-state index >= 15 is 0 Å². The summed E-state index contributed by atoms with van der Waals surface area (Å²) in [6.45, 7) is 5.14. The van der Waals surface area contributed by atoms with E-state index in [0.29, 0.717) is 17.5 Å². The SMILES string of the molecule is Cc1cc(N2CC(C)C3CCCCC32)ncc1[N+](=O)[O-]. The first kappa shape index (κ1) is 13.3. The van der Waals surface area contributed by atoms with Crippen LogP contribution in [0.5, 0.6) is 0 Å². The lowest BCUT2D eigenvalue weighted by atomic mass is 9.80. The van der Waals surface area contributed by atoms with Gasteiger partial charge in [-0.2, -0.15) is 0 Å². The molecule has 2 fully saturated rings. The molecular weight excluding hydrogens is 254 g/mol. The van der Waals surface area contributed by atoms with Crippen molar-refractivity contribution in [1.29, 1.82) is 0 Å². The molecule has 5 heteroatoms. The van der Waals surface area contributed by atoms with E-state index in [2.05, 4.69) is 16.8 Å². The van der Waals surface area contributed by atoms with Crippen LogP contribution in [0.15, 0.2) is 12.3 Å². The lowest BCUT2D eigenvalue weighted by Crippen LogP contribution is -2.35. The Hall–Kier alpha value is -1.65. The van der Waals surface area contributed by atoms with Gasteiger partial charge < -0.3 is 4.90 Å². The number of anilines is 1. The first-order valence-corrected chi connectivity index (χ1v) is 7.45. The molecule has 3 atom stereocenters. The fourth-order valence-electron chi connectivity index (χ4n) is 3.92. The van der Waals surface area contributed by atoms with E-state index in [0.717, 1.165) is 18.3 Å². The minimum Gasteiger partial charge on any atom is -0.353 e. The Kier molecular flexibility index (Phi) is 3.36. The predicted octanol–water partition coefficient (Wildman–Crippen LogP) is 3.31. The average molecular weight is 275 g/mol. The Morgan fingerprint density at radius 3 is 2.85 bits per heavy atom. The second-order valence-corrected chi connectivity index (χ2v) is 6.23. The molecule has 20 heavy (non-hydrogen) atoms. The van der Waals surface area contributed by atoms with Crippen molar-refractivity contribution >= 4 is 11.5 Å². The second kappa shape index (κ2) is 5.04. The molecule has 0 bridgehead atoms. The third kappa shape index (κ3) is 2.15. The Labute approximate surface area is 119 Å². The lowest BCUT2D eigenvalue weighted by molar-refractivity contribution is -0.385. The first-order valence-electron chi connectivity index (χ1n) is 7.45. The molecule has 0 spiro atoms. The number of pyridine rings is 1. The van der Waals surface area contributed by atoms with Crippen LogP contribution in [0.25, 0.3) is 0 Å². The number of hydrogen-bond acceptors (Lipinski definition) is 4. The normalized spacial score (nSPS) is 29.3. The number of hydrogen-bond donors (Lipinski definition) is 0. The number of nitrogens with zero attached hydrogens (tertiary/aromatic N) is 3. The summed E-state index contributed by atoms with van der Waals surface area (Å²) in [5.41, 5.74) is 0.813. The highest BCUT2D eigenvalue weighted by atomic mass is 16.6. The number of fused-ring (bicyclic) bond motifs is 1. The zero-order chi connectivity index (χ0) is 14.3. The Balaban J connectivity index is 1.89. The van der Waals surface area contributed by atoms with Crippen LogP contribution in [-0.2, 0) is 0 Å². The van der Waals surface area contributed by atoms with E-state index in [-0.39, 0.29) is 10.6 Å². The van der Waals surface area contributed by atoms with Gasteiger partial charge >= 0.3 is 0 Å². The maximum atomic E-state index is 10.9. The van der Waals surface area contributed by atoms with E-state index in [1.807, 2.05) is 6.07 Å². The molecule has 0 amide bonds. The average Bonchev–Trinajstić information content (AvgIpc) is 2.76. The van der Waals surface area contributed by atoms with Crippen molar-refractivity contribution in [2.24, 2.45) is 11.8 Å². The maximum absolute atomic E-state index is 10.9. The third-order valence-corrected chi connectivity index (χ3v) is 4.96. The van der Waals surface area contributed by atoms with Crippen LogP contribution >= 0.6 is 0 Å². The number of aromatic nitrogens is 1. The molecule has 0 N–H and O–H groups in total. The predicted molar refractivity (Wildman–Crippen MR) is 77.9 cm³/mol. The molecule has 1 aliphatic carbocycles. The molecule has 0 aromatic carbocycles. The zero-order valence-corrected chi connectivity index (χ0v) is 12.1. The van der Waals surface area contributed by atoms with Gasteiger partial charge in [-0.05, 0) is 37.7 Å². The summed E-state index contributed by atoms with van der Waals surface area (Å²) in [6.07, 6.45) is 6.58. The summed E-state index contributed by atoms with van der Waals surface area (Å²) in [5, 5.41) is 10.9. The van der Waals surface area contributed by atoms with Gasteiger partial charge in [0.1, 0.15) is 12.0 Å². The van der Waals surface area contributed by atoms with E-state index < -0.39 is 0 Å². The molecule has 1 saturated heterocycles. The van der Waals surface area contributed by atoms with Gasteiger partial charge in [0.05, 0.1) is 4.92 Å². The van der Waals surface area contributed by atoms with Crippen molar-refractivity contribution in [3.05, 3.63) is 27.9 Å². The monoisotopic (exact) mass is 275 g/mol. The van der Waals surface area contributed by atoms with Crippen molar-refractivity contribution in [2.75, 3.05) is 11.4 Å². The van der Waals surface area contributed by atoms with Gasteiger partial charge in [0.25, 0.3) is 5.69 Å². The van der Waals surface area contributed by atoms with Gasteiger partial charge in [-0.25, -0.2) is 4.98 Å². The lowest BCUT2D eigenvalue weighted by Gasteiger charge is -2.32. The molecule has 5 nitrogen and oxygen atoms in total. The highest BCUT2D eigenvalue weighted by molar-refractivity contribution is 5.50. The highest BCUT2D eigenvalue weighted by Gasteiger charge is 2.41. The molecule has 2 heterocycles. The molecule has 2 aliphatic rings. The van der Waals surface area contributed by atoms with E-state index in [1.165, 1.54) is 31.9 Å². The minimum absolute atomic E-state index is 0.112. The third-order valence-electron chi connectivity index (χ3n) is 4.96. The van der Waals surface area contributed by atoms with Gasteiger partial charge in [-0.15, -0.1) is 0 Å². The van der Waals surface area contributed by atoms with E-state index in [4.69, 9.17) is 0 Å².